The Bertz CT molecular complexity index is 903. The highest BCUT2D eigenvalue weighted by Gasteiger charge is 2.24. The molecule has 0 aliphatic rings. The molecule has 0 aliphatic carbocycles. The second kappa shape index (κ2) is 8.14. The van der Waals surface area contributed by atoms with Gasteiger partial charge in [-0.25, -0.2) is 10.6 Å². The van der Waals surface area contributed by atoms with Crippen molar-refractivity contribution in [2.45, 2.75) is 34.6 Å². The average molecular weight is 368 g/mol. The molecule has 27 heavy (non-hydrogen) atoms. The van der Waals surface area contributed by atoms with Crippen LogP contribution in [0.5, 0.6) is 0 Å². The smallest absolute Gasteiger partial charge is 0.358 e. The molecule has 0 amide bonds. The van der Waals surface area contributed by atoms with Crippen molar-refractivity contribution in [1.29, 1.82) is 0 Å². The Morgan fingerprint density at radius 3 is 2.19 bits per heavy atom. The summed E-state index contributed by atoms with van der Waals surface area (Å²) in [6, 6.07) is 9.37. The molecule has 0 aromatic heterocycles. The first-order valence-electron chi connectivity index (χ1n) is 8.83. The molecule has 144 valence electrons. The number of hydrogen-bond donors (Lipinski definition) is 3. The normalized spacial score (nSPS) is 11.8. The highest BCUT2D eigenvalue weighted by molar-refractivity contribution is 6.01. The van der Waals surface area contributed by atoms with Crippen molar-refractivity contribution in [1.82, 2.24) is 0 Å². The van der Waals surface area contributed by atoms with Gasteiger partial charge >= 0.3 is 5.97 Å². The Kier molecular flexibility index (Phi) is 6.13. The van der Waals surface area contributed by atoms with Gasteiger partial charge in [0.2, 0.25) is 0 Å². The second-order valence-electron chi connectivity index (χ2n) is 6.65. The van der Waals surface area contributed by atoms with Gasteiger partial charge in [-0.1, -0.05) is 12.1 Å². The van der Waals surface area contributed by atoms with Crippen molar-refractivity contribution in [3.63, 3.8) is 0 Å². The van der Waals surface area contributed by atoms with Crippen LogP contribution in [0.1, 0.15) is 34.7 Å². The Morgan fingerprint density at radius 2 is 1.59 bits per heavy atom. The average Bonchev–Trinajstić information content (AvgIpc) is 2.60. The van der Waals surface area contributed by atoms with E-state index in [0.29, 0.717) is 16.9 Å². The Balaban J connectivity index is 2.65. The molecule has 0 unspecified atom stereocenters. The number of rotatable bonds is 5. The molecule has 2 rings (SSSR count). The van der Waals surface area contributed by atoms with E-state index in [1.165, 1.54) is 5.01 Å². The third-order valence-corrected chi connectivity index (χ3v) is 4.69. The van der Waals surface area contributed by atoms with Crippen molar-refractivity contribution >= 4 is 23.0 Å². The van der Waals surface area contributed by atoms with Crippen LogP contribution in [-0.2, 0) is 9.53 Å². The van der Waals surface area contributed by atoms with E-state index in [0.717, 1.165) is 22.3 Å². The van der Waals surface area contributed by atoms with E-state index in [1.54, 1.807) is 6.92 Å². The zero-order valence-electron chi connectivity index (χ0n) is 16.6. The number of nitrogens with zero attached hydrogens (tertiary/aromatic N) is 1. The van der Waals surface area contributed by atoms with Crippen LogP contribution in [0.25, 0.3) is 5.70 Å². The van der Waals surface area contributed by atoms with E-state index in [2.05, 4.69) is 0 Å². The molecule has 0 radical (unpaired) electrons. The topological polar surface area (TPSA) is 108 Å². The van der Waals surface area contributed by atoms with Gasteiger partial charge in [0.25, 0.3) is 0 Å². The molecular formula is C21H28N4O2. The third kappa shape index (κ3) is 4.23. The number of nitrogens with two attached hydrogens (primary N) is 3. The van der Waals surface area contributed by atoms with Crippen LogP contribution < -0.4 is 22.3 Å². The van der Waals surface area contributed by atoms with Gasteiger partial charge in [0.15, 0.2) is 5.70 Å². The predicted octanol–water partition coefficient (Wildman–Crippen LogP) is 3.07. The number of anilines is 2. The zero-order chi connectivity index (χ0) is 20.3. The van der Waals surface area contributed by atoms with Crippen molar-refractivity contribution in [3.8, 4) is 0 Å². The second-order valence-corrected chi connectivity index (χ2v) is 6.65. The van der Waals surface area contributed by atoms with E-state index in [4.69, 9.17) is 22.0 Å². The summed E-state index contributed by atoms with van der Waals surface area (Å²) in [5, 5.41) is 1.21. The quantitative estimate of drug-likeness (QED) is 0.246. The van der Waals surface area contributed by atoms with Gasteiger partial charge in [-0.15, -0.1) is 0 Å². The Hall–Kier alpha value is -2.99. The lowest BCUT2D eigenvalue weighted by Crippen LogP contribution is -2.37. The highest BCUT2D eigenvalue weighted by Crippen LogP contribution is 2.30. The van der Waals surface area contributed by atoms with Gasteiger partial charge in [-0.3, -0.25) is 5.01 Å². The summed E-state index contributed by atoms with van der Waals surface area (Å²) >= 11 is 0. The SMILES string of the molecule is CCOC(=O)/C(=C(\N)c1ccc(C)c(C)c1)N(N)c1cc(C)c(C)cc1N. The van der Waals surface area contributed by atoms with Crippen LogP contribution >= 0.6 is 0 Å². The number of esters is 1. The van der Waals surface area contributed by atoms with Crippen molar-refractivity contribution in [3.05, 3.63) is 63.8 Å². The molecule has 0 atom stereocenters. The number of nitrogen functional groups attached to an aromatic ring is 1. The fraction of sp³-hybridized carbons (Fsp3) is 0.286. The number of aryl methyl sites for hydroxylation is 4. The zero-order valence-corrected chi connectivity index (χ0v) is 16.6. The summed E-state index contributed by atoms with van der Waals surface area (Å²) in [6.07, 6.45) is 0. The lowest BCUT2D eigenvalue weighted by Gasteiger charge is -2.25. The molecule has 0 spiro atoms. The highest BCUT2D eigenvalue weighted by atomic mass is 16.5. The summed E-state index contributed by atoms with van der Waals surface area (Å²) in [4.78, 5) is 12.7. The summed E-state index contributed by atoms with van der Waals surface area (Å²) in [5.41, 5.74) is 18.7. The van der Waals surface area contributed by atoms with Crippen LogP contribution in [-0.4, -0.2) is 12.6 Å². The molecule has 0 saturated heterocycles. The molecule has 6 N–H and O–H groups in total. The number of carbonyl (C=O) groups excluding carboxylic acids is 1. The van der Waals surface area contributed by atoms with Gasteiger partial charge in [0.1, 0.15) is 0 Å². The maximum absolute atomic E-state index is 12.7. The van der Waals surface area contributed by atoms with Gasteiger partial charge in [0, 0.05) is 5.56 Å². The van der Waals surface area contributed by atoms with E-state index in [-0.39, 0.29) is 18.0 Å². The summed E-state index contributed by atoms with van der Waals surface area (Å²) in [5.74, 6) is 5.71. The Labute approximate surface area is 160 Å². The standard InChI is InChI=1S/C21H28N4O2/c1-6-27-21(26)20(19(23)16-8-7-12(2)13(3)9-16)25(24)18-11-15(5)14(4)10-17(18)22/h7-11H,6,22-24H2,1-5H3/b20-19+. The van der Waals surface area contributed by atoms with Crippen molar-refractivity contribution < 1.29 is 9.53 Å². The monoisotopic (exact) mass is 368 g/mol. The summed E-state index contributed by atoms with van der Waals surface area (Å²) in [7, 11) is 0. The van der Waals surface area contributed by atoms with Crippen LogP contribution in [0, 0.1) is 27.7 Å². The van der Waals surface area contributed by atoms with Gasteiger partial charge in [0.05, 0.1) is 23.7 Å². The number of hydrogen-bond acceptors (Lipinski definition) is 6. The minimum Gasteiger partial charge on any atom is -0.461 e. The molecule has 6 heteroatoms. The Morgan fingerprint density at radius 1 is 1.00 bits per heavy atom. The van der Waals surface area contributed by atoms with E-state index < -0.39 is 5.97 Å². The van der Waals surface area contributed by atoms with Crippen LogP contribution in [0.2, 0.25) is 0 Å². The van der Waals surface area contributed by atoms with Crippen molar-refractivity contribution in [2.24, 2.45) is 11.6 Å². The maximum atomic E-state index is 12.7. The lowest BCUT2D eigenvalue weighted by molar-refractivity contribution is -0.138. The molecule has 0 aliphatic heterocycles. The van der Waals surface area contributed by atoms with E-state index in [9.17, 15) is 4.79 Å². The fourth-order valence-corrected chi connectivity index (χ4v) is 2.74. The van der Waals surface area contributed by atoms with Gasteiger partial charge in [-0.05, 0) is 75.1 Å². The molecule has 2 aromatic carbocycles. The van der Waals surface area contributed by atoms with E-state index in [1.807, 2.05) is 58.0 Å². The van der Waals surface area contributed by atoms with Crippen LogP contribution in [0.4, 0.5) is 11.4 Å². The fourth-order valence-electron chi connectivity index (χ4n) is 2.74. The van der Waals surface area contributed by atoms with E-state index >= 15 is 0 Å². The molecule has 0 fully saturated rings. The van der Waals surface area contributed by atoms with Crippen LogP contribution in [0.15, 0.2) is 36.0 Å². The maximum Gasteiger partial charge on any atom is 0.358 e. The molecule has 6 nitrogen and oxygen atoms in total. The van der Waals surface area contributed by atoms with Gasteiger partial charge in [-0.2, -0.15) is 0 Å². The largest absolute Gasteiger partial charge is 0.461 e. The summed E-state index contributed by atoms with van der Waals surface area (Å²) < 4.78 is 5.20. The molecule has 0 bridgehead atoms. The number of carbonyl (C=O) groups is 1. The summed E-state index contributed by atoms with van der Waals surface area (Å²) in [6.45, 7) is 9.84. The predicted molar refractivity (Wildman–Crippen MR) is 111 cm³/mol. The lowest BCUT2D eigenvalue weighted by atomic mass is 10.0. The van der Waals surface area contributed by atoms with Gasteiger partial charge < -0.3 is 16.2 Å². The molecular weight excluding hydrogens is 340 g/mol. The third-order valence-electron chi connectivity index (χ3n) is 4.69. The minimum absolute atomic E-state index is 0.0510. The number of ether oxygens (including phenoxy) is 1. The first-order valence-corrected chi connectivity index (χ1v) is 8.83. The minimum atomic E-state index is -0.603. The number of hydrazine groups is 1. The first-order chi connectivity index (χ1) is 12.7. The van der Waals surface area contributed by atoms with Crippen LogP contribution in [0.3, 0.4) is 0 Å². The molecule has 0 saturated carbocycles. The first kappa shape index (κ1) is 20.3. The van der Waals surface area contributed by atoms with Crippen molar-refractivity contribution in [2.75, 3.05) is 17.3 Å². The molecule has 2 aromatic rings. The number of benzene rings is 2. The molecule has 0 heterocycles.